The minimum atomic E-state index is 0.707. The molecule has 132 valence electrons. The summed E-state index contributed by atoms with van der Waals surface area (Å²) in [6.07, 6.45) is 23.6. The van der Waals surface area contributed by atoms with Gasteiger partial charge in [0.1, 0.15) is 0 Å². The van der Waals surface area contributed by atoms with Gasteiger partial charge >= 0.3 is 0 Å². The Labute approximate surface area is 140 Å². The Balaban J connectivity index is 2.95. The standard InChI is InChI=1S/C20H42NO/c1-3-4-5-6-7-8-9-10-11-12-13-14-15-16-17-18-19-20-21(2)22/h3-20H2,1-2H3/q+1. The third kappa shape index (κ3) is 19.6. The van der Waals surface area contributed by atoms with E-state index in [1.165, 1.54) is 103 Å². The summed E-state index contributed by atoms with van der Waals surface area (Å²) >= 11 is 0. The summed E-state index contributed by atoms with van der Waals surface area (Å²) < 4.78 is 1.05. The fourth-order valence-electron chi connectivity index (χ4n) is 3.06. The lowest BCUT2D eigenvalue weighted by atomic mass is 10.0. The molecule has 0 bridgehead atoms. The van der Waals surface area contributed by atoms with E-state index in [1.807, 2.05) is 0 Å². The second-order valence-electron chi connectivity index (χ2n) is 7.01. The van der Waals surface area contributed by atoms with Crippen LogP contribution in [0.15, 0.2) is 0 Å². The fraction of sp³-hybridized carbons (Fsp3) is 1.00. The average Bonchev–Trinajstić information content (AvgIpc) is 2.50. The molecule has 0 saturated heterocycles. The molecule has 0 aromatic heterocycles. The highest BCUT2D eigenvalue weighted by atomic mass is 16.3. The molecule has 0 aliphatic carbocycles. The van der Waals surface area contributed by atoms with Crippen LogP contribution < -0.4 is 0 Å². The number of hydrogen-bond acceptors (Lipinski definition) is 1. The monoisotopic (exact) mass is 312 g/mol. The first-order valence-electron chi connectivity index (χ1n) is 10.2. The summed E-state index contributed by atoms with van der Waals surface area (Å²) in [6.45, 7) is 2.99. The molecule has 0 fully saturated rings. The van der Waals surface area contributed by atoms with Crippen molar-refractivity contribution < 1.29 is 4.76 Å². The number of hydrogen-bond donors (Lipinski definition) is 0. The van der Waals surface area contributed by atoms with Crippen LogP contribution in [0, 0.1) is 4.91 Å². The van der Waals surface area contributed by atoms with Gasteiger partial charge in [-0.25, -0.2) is 0 Å². The van der Waals surface area contributed by atoms with E-state index in [0.29, 0.717) is 6.54 Å². The van der Waals surface area contributed by atoms with Gasteiger partial charge in [-0.2, -0.15) is 0 Å². The minimum absolute atomic E-state index is 0.707. The summed E-state index contributed by atoms with van der Waals surface area (Å²) in [5, 5.41) is 0. The van der Waals surface area contributed by atoms with Crippen molar-refractivity contribution in [2.24, 2.45) is 0 Å². The second-order valence-corrected chi connectivity index (χ2v) is 7.01. The lowest BCUT2D eigenvalue weighted by Gasteiger charge is -2.03. The van der Waals surface area contributed by atoms with Gasteiger partial charge in [0.2, 0.25) is 0 Å². The molecule has 0 aliphatic rings. The van der Waals surface area contributed by atoms with Crippen LogP contribution in [0.5, 0.6) is 0 Å². The molecule has 2 heteroatoms. The van der Waals surface area contributed by atoms with Crippen molar-refractivity contribution in [2.45, 2.75) is 116 Å². The fourth-order valence-corrected chi connectivity index (χ4v) is 3.06. The van der Waals surface area contributed by atoms with Crippen molar-refractivity contribution in [3.8, 4) is 0 Å². The summed E-state index contributed by atoms with van der Waals surface area (Å²) in [6, 6.07) is 0. The summed E-state index contributed by atoms with van der Waals surface area (Å²) in [5.41, 5.74) is 0. The number of nitrogens with zero attached hydrogens (tertiary/aromatic N) is 1. The van der Waals surface area contributed by atoms with E-state index in [9.17, 15) is 4.91 Å². The van der Waals surface area contributed by atoms with Gasteiger partial charge in [-0.3, -0.25) is 0 Å². The van der Waals surface area contributed by atoms with Crippen LogP contribution in [-0.4, -0.2) is 18.4 Å². The van der Waals surface area contributed by atoms with Crippen LogP contribution in [0.1, 0.15) is 116 Å². The topological polar surface area (TPSA) is 20.1 Å². The van der Waals surface area contributed by atoms with Gasteiger partial charge in [0.25, 0.3) is 0 Å². The molecule has 0 rings (SSSR count). The molecule has 0 radical (unpaired) electrons. The SMILES string of the molecule is CCCCCCCCCCCCCCCCCCC[N+](C)=O. The van der Waals surface area contributed by atoms with Crippen molar-refractivity contribution in [3.05, 3.63) is 4.91 Å². The van der Waals surface area contributed by atoms with Crippen LogP contribution in [-0.2, 0) is 0 Å². The van der Waals surface area contributed by atoms with Gasteiger partial charge in [-0.05, 0) is 11.2 Å². The van der Waals surface area contributed by atoms with Crippen LogP contribution >= 0.6 is 0 Å². The van der Waals surface area contributed by atoms with E-state index < -0.39 is 0 Å². The van der Waals surface area contributed by atoms with Gasteiger partial charge in [-0.15, -0.1) is 0 Å². The van der Waals surface area contributed by atoms with Gasteiger partial charge in [0.15, 0.2) is 13.6 Å². The molecule has 0 amide bonds. The normalized spacial score (nSPS) is 11.0. The predicted molar refractivity (Wildman–Crippen MR) is 98.6 cm³/mol. The predicted octanol–water partition coefficient (Wildman–Crippen LogP) is 7.05. The van der Waals surface area contributed by atoms with E-state index in [1.54, 1.807) is 7.05 Å². The Morgan fingerprint density at radius 2 is 0.773 bits per heavy atom. The van der Waals surface area contributed by atoms with Gasteiger partial charge < -0.3 is 0 Å². The third-order valence-corrected chi connectivity index (χ3v) is 4.58. The van der Waals surface area contributed by atoms with Crippen molar-refractivity contribution >= 4 is 0 Å². The Kier molecular flexibility index (Phi) is 18.3. The Morgan fingerprint density at radius 3 is 1.05 bits per heavy atom. The molecule has 0 saturated carbocycles. The maximum Gasteiger partial charge on any atom is 0.191 e. The van der Waals surface area contributed by atoms with Crippen LogP contribution in [0.25, 0.3) is 0 Å². The number of rotatable bonds is 18. The van der Waals surface area contributed by atoms with Gasteiger partial charge in [-0.1, -0.05) is 103 Å². The Bertz CT molecular complexity index is 228. The summed E-state index contributed by atoms with van der Waals surface area (Å²) in [4.78, 5) is 10.7. The largest absolute Gasteiger partial charge is 0.191 e. The second kappa shape index (κ2) is 18.6. The molecule has 2 nitrogen and oxygen atoms in total. The van der Waals surface area contributed by atoms with E-state index in [-0.39, 0.29) is 0 Å². The lowest BCUT2D eigenvalue weighted by Crippen LogP contribution is -2.01. The first kappa shape index (κ1) is 21.6. The lowest BCUT2D eigenvalue weighted by molar-refractivity contribution is -0.519. The maximum absolute atomic E-state index is 10.7. The van der Waals surface area contributed by atoms with Crippen LogP contribution in [0.2, 0.25) is 0 Å². The first-order valence-corrected chi connectivity index (χ1v) is 10.2. The zero-order chi connectivity index (χ0) is 16.3. The highest BCUT2D eigenvalue weighted by molar-refractivity contribution is 4.50. The van der Waals surface area contributed by atoms with Crippen molar-refractivity contribution in [1.82, 2.24) is 0 Å². The first-order chi connectivity index (χ1) is 10.8. The van der Waals surface area contributed by atoms with Crippen molar-refractivity contribution in [1.29, 1.82) is 0 Å². The quantitative estimate of drug-likeness (QED) is 0.196. The molecule has 0 aromatic rings. The Hall–Kier alpha value is -0.400. The molecule has 0 aliphatic heterocycles. The smallest absolute Gasteiger partial charge is 0.0654 e. The van der Waals surface area contributed by atoms with E-state index >= 15 is 0 Å². The van der Waals surface area contributed by atoms with E-state index in [4.69, 9.17) is 0 Å². The molecular formula is C20H42NO+. The molecule has 0 spiro atoms. The zero-order valence-corrected chi connectivity index (χ0v) is 15.6. The average molecular weight is 313 g/mol. The molecule has 0 aromatic carbocycles. The third-order valence-electron chi connectivity index (χ3n) is 4.58. The zero-order valence-electron chi connectivity index (χ0n) is 15.6. The Morgan fingerprint density at radius 1 is 0.500 bits per heavy atom. The highest BCUT2D eigenvalue weighted by Crippen LogP contribution is 2.13. The van der Waals surface area contributed by atoms with Gasteiger partial charge in [0.05, 0.1) is 0 Å². The highest BCUT2D eigenvalue weighted by Gasteiger charge is 1.98. The molecule has 0 unspecified atom stereocenters. The van der Waals surface area contributed by atoms with E-state index in [0.717, 1.165) is 11.2 Å². The molecule has 0 N–H and O–H groups in total. The van der Waals surface area contributed by atoms with Gasteiger partial charge in [0, 0.05) is 11.3 Å². The number of nitroso groups, excluding NO2 is 1. The summed E-state index contributed by atoms with van der Waals surface area (Å²) in [5.74, 6) is 0. The van der Waals surface area contributed by atoms with Crippen molar-refractivity contribution in [2.75, 3.05) is 13.6 Å². The van der Waals surface area contributed by atoms with Crippen molar-refractivity contribution in [3.63, 3.8) is 0 Å². The molecule has 22 heavy (non-hydrogen) atoms. The molecule has 0 heterocycles. The minimum Gasteiger partial charge on any atom is -0.0654 e. The van der Waals surface area contributed by atoms with E-state index in [2.05, 4.69) is 6.92 Å². The molecular weight excluding hydrogens is 270 g/mol. The van der Waals surface area contributed by atoms with Crippen LogP contribution in [0.3, 0.4) is 0 Å². The molecule has 0 atom stereocenters. The number of unbranched alkanes of at least 4 members (excludes halogenated alkanes) is 16. The van der Waals surface area contributed by atoms with Crippen LogP contribution in [0.4, 0.5) is 0 Å². The maximum atomic E-state index is 10.7. The summed E-state index contributed by atoms with van der Waals surface area (Å²) in [7, 11) is 1.62.